The van der Waals surface area contributed by atoms with Crippen molar-refractivity contribution in [3.05, 3.63) is 35.4 Å². The Hall–Kier alpha value is -0.960. The quantitative estimate of drug-likeness (QED) is 0.795. The van der Waals surface area contributed by atoms with Crippen LogP contribution in [0.25, 0.3) is 0 Å². The third-order valence-corrected chi connectivity index (χ3v) is 2.10. The van der Waals surface area contributed by atoms with Gasteiger partial charge in [-0.25, -0.2) is 8.78 Å². The zero-order valence-corrected chi connectivity index (χ0v) is 8.43. The Kier molecular flexibility index (Phi) is 3.58. The monoisotopic (exact) mass is 199 g/mol. The lowest BCUT2D eigenvalue weighted by atomic mass is 9.97. The first kappa shape index (κ1) is 11.1. The van der Waals surface area contributed by atoms with E-state index < -0.39 is 17.7 Å². The lowest BCUT2D eigenvalue weighted by molar-refractivity contribution is 0.463. The minimum absolute atomic E-state index is 0.00111. The summed E-state index contributed by atoms with van der Waals surface area (Å²) in [5, 5.41) is 0. The van der Waals surface area contributed by atoms with Crippen molar-refractivity contribution in [3.8, 4) is 0 Å². The van der Waals surface area contributed by atoms with Crippen molar-refractivity contribution in [1.29, 1.82) is 0 Å². The van der Waals surface area contributed by atoms with E-state index in [4.69, 9.17) is 5.73 Å². The number of rotatable bonds is 3. The third kappa shape index (κ3) is 2.51. The number of halogens is 2. The maximum Gasteiger partial charge on any atom is 0.130 e. The molecule has 1 rings (SSSR count). The lowest BCUT2D eigenvalue weighted by Crippen LogP contribution is -2.16. The van der Waals surface area contributed by atoms with Crippen molar-refractivity contribution in [1.82, 2.24) is 0 Å². The molecule has 0 bridgehead atoms. The first-order chi connectivity index (χ1) is 6.52. The highest BCUT2D eigenvalue weighted by Gasteiger charge is 2.16. The summed E-state index contributed by atoms with van der Waals surface area (Å²) in [4.78, 5) is 0. The van der Waals surface area contributed by atoms with Gasteiger partial charge in [-0.1, -0.05) is 19.9 Å². The Balaban J connectivity index is 2.94. The molecule has 0 saturated heterocycles. The summed E-state index contributed by atoms with van der Waals surface area (Å²) in [6.45, 7) is 3.94. The van der Waals surface area contributed by atoms with Crippen molar-refractivity contribution >= 4 is 0 Å². The van der Waals surface area contributed by atoms with Crippen LogP contribution >= 0.6 is 0 Å². The van der Waals surface area contributed by atoms with E-state index in [-0.39, 0.29) is 5.56 Å². The highest BCUT2D eigenvalue weighted by atomic mass is 19.1. The molecule has 1 atom stereocenters. The molecule has 1 nitrogen and oxygen atoms in total. The molecule has 2 N–H and O–H groups in total. The van der Waals surface area contributed by atoms with Crippen molar-refractivity contribution in [3.63, 3.8) is 0 Å². The van der Waals surface area contributed by atoms with Gasteiger partial charge in [-0.2, -0.15) is 0 Å². The van der Waals surface area contributed by atoms with Crippen LogP contribution in [0.3, 0.4) is 0 Å². The van der Waals surface area contributed by atoms with Crippen LogP contribution in [0.5, 0.6) is 0 Å². The van der Waals surface area contributed by atoms with Gasteiger partial charge >= 0.3 is 0 Å². The van der Waals surface area contributed by atoms with Crippen LogP contribution in [0, 0.1) is 17.6 Å². The summed E-state index contributed by atoms with van der Waals surface area (Å²) >= 11 is 0. The van der Waals surface area contributed by atoms with E-state index >= 15 is 0 Å². The predicted molar refractivity (Wildman–Crippen MR) is 52.7 cm³/mol. The second-order valence-corrected chi connectivity index (χ2v) is 3.87. The summed E-state index contributed by atoms with van der Waals surface area (Å²) in [6, 6.07) is 3.25. The van der Waals surface area contributed by atoms with E-state index in [0.29, 0.717) is 12.3 Å². The molecule has 0 aliphatic rings. The Morgan fingerprint density at radius 2 is 1.71 bits per heavy atom. The summed E-state index contributed by atoms with van der Waals surface area (Å²) in [7, 11) is 0. The topological polar surface area (TPSA) is 26.0 Å². The van der Waals surface area contributed by atoms with Gasteiger partial charge in [0.25, 0.3) is 0 Å². The van der Waals surface area contributed by atoms with E-state index in [1.807, 2.05) is 13.8 Å². The predicted octanol–water partition coefficient (Wildman–Crippen LogP) is 3.01. The Bertz CT molecular complexity index is 290. The Labute approximate surface area is 82.9 Å². The standard InChI is InChI=1S/C11H15F2N/c1-7(2)6-10(14)11-8(12)4-3-5-9(11)13/h3-5,7,10H,6,14H2,1-2H3/t10-/m0/s1. The average Bonchev–Trinajstić information content (AvgIpc) is 2.01. The van der Waals surface area contributed by atoms with Crippen LogP contribution in [0.15, 0.2) is 18.2 Å². The summed E-state index contributed by atoms with van der Waals surface area (Å²) in [5.41, 5.74) is 5.72. The molecule has 1 aromatic carbocycles. The first-order valence-electron chi connectivity index (χ1n) is 4.72. The van der Waals surface area contributed by atoms with Gasteiger partial charge in [0.15, 0.2) is 0 Å². The Morgan fingerprint density at radius 3 is 2.14 bits per heavy atom. The maximum absolute atomic E-state index is 13.2. The molecule has 0 unspecified atom stereocenters. The van der Waals surface area contributed by atoms with E-state index in [1.54, 1.807) is 0 Å². The molecule has 0 fully saturated rings. The summed E-state index contributed by atoms with van der Waals surface area (Å²) in [5.74, 6) is -0.791. The van der Waals surface area contributed by atoms with Crippen molar-refractivity contribution in [2.45, 2.75) is 26.3 Å². The smallest absolute Gasteiger partial charge is 0.130 e. The molecule has 14 heavy (non-hydrogen) atoms. The van der Waals surface area contributed by atoms with Gasteiger partial charge in [-0.3, -0.25) is 0 Å². The fourth-order valence-corrected chi connectivity index (χ4v) is 1.49. The van der Waals surface area contributed by atoms with Gasteiger partial charge in [0.2, 0.25) is 0 Å². The van der Waals surface area contributed by atoms with E-state index in [2.05, 4.69) is 0 Å². The molecule has 0 heterocycles. The van der Waals surface area contributed by atoms with Crippen LogP contribution in [-0.4, -0.2) is 0 Å². The largest absolute Gasteiger partial charge is 0.324 e. The molecule has 0 amide bonds. The van der Waals surface area contributed by atoms with Crippen LogP contribution < -0.4 is 5.73 Å². The van der Waals surface area contributed by atoms with Gasteiger partial charge < -0.3 is 5.73 Å². The maximum atomic E-state index is 13.2. The average molecular weight is 199 g/mol. The van der Waals surface area contributed by atoms with Gasteiger partial charge in [0.05, 0.1) is 0 Å². The number of hydrogen-bond acceptors (Lipinski definition) is 1. The number of hydrogen-bond donors (Lipinski definition) is 1. The van der Waals surface area contributed by atoms with Crippen LogP contribution in [0.2, 0.25) is 0 Å². The second kappa shape index (κ2) is 4.51. The second-order valence-electron chi connectivity index (χ2n) is 3.87. The molecule has 0 spiro atoms. The summed E-state index contributed by atoms with van der Waals surface area (Å²) in [6.07, 6.45) is 0.581. The van der Waals surface area contributed by atoms with Gasteiger partial charge in [-0.15, -0.1) is 0 Å². The lowest BCUT2D eigenvalue weighted by Gasteiger charge is -2.15. The Morgan fingerprint density at radius 1 is 1.21 bits per heavy atom. The van der Waals surface area contributed by atoms with E-state index in [0.717, 1.165) is 0 Å². The van der Waals surface area contributed by atoms with Crippen molar-refractivity contribution in [2.75, 3.05) is 0 Å². The van der Waals surface area contributed by atoms with Crippen LogP contribution in [-0.2, 0) is 0 Å². The molecule has 0 saturated carbocycles. The molecule has 0 aliphatic heterocycles. The number of benzene rings is 1. The van der Waals surface area contributed by atoms with Crippen molar-refractivity contribution < 1.29 is 8.78 Å². The molecular weight excluding hydrogens is 184 g/mol. The fourth-order valence-electron chi connectivity index (χ4n) is 1.49. The molecular formula is C11H15F2N. The minimum Gasteiger partial charge on any atom is -0.324 e. The molecule has 0 aromatic heterocycles. The molecule has 78 valence electrons. The van der Waals surface area contributed by atoms with E-state index in [1.165, 1.54) is 18.2 Å². The zero-order valence-electron chi connectivity index (χ0n) is 8.43. The van der Waals surface area contributed by atoms with E-state index in [9.17, 15) is 8.78 Å². The fraction of sp³-hybridized carbons (Fsp3) is 0.455. The van der Waals surface area contributed by atoms with Crippen LogP contribution in [0.1, 0.15) is 31.9 Å². The highest BCUT2D eigenvalue weighted by Crippen LogP contribution is 2.23. The SMILES string of the molecule is CC(C)C[C@H](N)c1c(F)cccc1F. The van der Waals surface area contributed by atoms with Crippen molar-refractivity contribution in [2.24, 2.45) is 11.7 Å². The number of nitrogens with two attached hydrogens (primary N) is 1. The van der Waals surface area contributed by atoms with Crippen LogP contribution in [0.4, 0.5) is 8.78 Å². The zero-order chi connectivity index (χ0) is 10.7. The van der Waals surface area contributed by atoms with Gasteiger partial charge in [0, 0.05) is 11.6 Å². The normalized spacial score (nSPS) is 13.3. The van der Waals surface area contributed by atoms with Gasteiger partial charge in [-0.05, 0) is 24.5 Å². The summed E-state index contributed by atoms with van der Waals surface area (Å²) < 4.78 is 26.5. The minimum atomic E-state index is -0.559. The van der Waals surface area contributed by atoms with Gasteiger partial charge in [0.1, 0.15) is 11.6 Å². The molecule has 3 heteroatoms. The molecule has 1 aromatic rings. The molecule has 0 aliphatic carbocycles. The highest BCUT2D eigenvalue weighted by molar-refractivity contribution is 5.22. The molecule has 0 radical (unpaired) electrons. The first-order valence-corrected chi connectivity index (χ1v) is 4.72. The third-order valence-electron chi connectivity index (χ3n) is 2.10.